The molecule has 0 heterocycles. The van der Waals surface area contributed by atoms with E-state index in [4.69, 9.17) is 9.94 Å². The van der Waals surface area contributed by atoms with E-state index in [0.717, 1.165) is 0 Å². The van der Waals surface area contributed by atoms with Crippen LogP contribution in [0.3, 0.4) is 0 Å². The van der Waals surface area contributed by atoms with Crippen molar-refractivity contribution in [1.82, 2.24) is 5.48 Å². The molecule has 0 aliphatic carbocycles. The summed E-state index contributed by atoms with van der Waals surface area (Å²) >= 11 is 0. The van der Waals surface area contributed by atoms with Crippen molar-refractivity contribution in [2.75, 3.05) is 7.11 Å². The van der Waals surface area contributed by atoms with E-state index >= 15 is 0 Å². The van der Waals surface area contributed by atoms with Crippen molar-refractivity contribution in [3.63, 3.8) is 0 Å². The zero-order valence-corrected chi connectivity index (χ0v) is 8.25. The lowest BCUT2D eigenvalue weighted by atomic mass is 10.0. The Balaban J connectivity index is 3.13. The summed E-state index contributed by atoms with van der Waals surface area (Å²) in [6, 6.07) is 5.14. The summed E-state index contributed by atoms with van der Waals surface area (Å²) in [7, 11) is 1.52. The monoisotopic (exact) mass is 199 g/mol. The first-order chi connectivity index (χ1) is 6.70. The van der Waals surface area contributed by atoms with Crippen LogP contribution in [0.4, 0.5) is 4.39 Å². The van der Waals surface area contributed by atoms with Gasteiger partial charge in [0.2, 0.25) is 0 Å². The Labute approximate surface area is 82.5 Å². The number of halogens is 1. The molecule has 0 aromatic heterocycles. The van der Waals surface area contributed by atoms with Crippen LogP contribution in [0.2, 0.25) is 0 Å². The first kappa shape index (κ1) is 10.9. The SMILES string of the molecule is COc1cccc(C(C)F)c1CNO. The van der Waals surface area contributed by atoms with Gasteiger partial charge in [-0.3, -0.25) is 0 Å². The van der Waals surface area contributed by atoms with Gasteiger partial charge in [0.25, 0.3) is 0 Å². The van der Waals surface area contributed by atoms with Gasteiger partial charge in [0.15, 0.2) is 0 Å². The number of rotatable bonds is 4. The van der Waals surface area contributed by atoms with E-state index in [0.29, 0.717) is 16.9 Å². The largest absolute Gasteiger partial charge is 0.496 e. The molecule has 0 saturated heterocycles. The number of hydroxylamine groups is 1. The molecule has 0 radical (unpaired) electrons. The van der Waals surface area contributed by atoms with Gasteiger partial charge >= 0.3 is 0 Å². The molecular weight excluding hydrogens is 185 g/mol. The highest BCUT2D eigenvalue weighted by Crippen LogP contribution is 2.28. The summed E-state index contributed by atoms with van der Waals surface area (Å²) in [5, 5.41) is 8.62. The van der Waals surface area contributed by atoms with E-state index in [2.05, 4.69) is 0 Å². The van der Waals surface area contributed by atoms with Gasteiger partial charge in [0.1, 0.15) is 11.9 Å². The normalized spacial score (nSPS) is 12.6. The second kappa shape index (κ2) is 4.93. The topological polar surface area (TPSA) is 41.5 Å². The molecule has 0 aliphatic rings. The molecule has 3 nitrogen and oxygen atoms in total. The van der Waals surface area contributed by atoms with E-state index in [9.17, 15) is 4.39 Å². The fraction of sp³-hybridized carbons (Fsp3) is 0.400. The van der Waals surface area contributed by atoms with Gasteiger partial charge in [-0.05, 0) is 18.6 Å². The third-order valence-corrected chi connectivity index (χ3v) is 2.07. The average Bonchev–Trinajstić information content (AvgIpc) is 2.18. The van der Waals surface area contributed by atoms with E-state index < -0.39 is 6.17 Å². The van der Waals surface area contributed by atoms with Crippen LogP contribution >= 0.6 is 0 Å². The molecule has 0 fully saturated rings. The van der Waals surface area contributed by atoms with Crippen molar-refractivity contribution in [1.29, 1.82) is 0 Å². The highest BCUT2D eigenvalue weighted by atomic mass is 19.1. The van der Waals surface area contributed by atoms with Gasteiger partial charge < -0.3 is 9.94 Å². The third kappa shape index (κ3) is 2.21. The third-order valence-electron chi connectivity index (χ3n) is 2.07. The van der Waals surface area contributed by atoms with Crippen molar-refractivity contribution in [3.05, 3.63) is 29.3 Å². The number of hydrogen-bond donors (Lipinski definition) is 2. The Morgan fingerprint density at radius 1 is 1.57 bits per heavy atom. The standard InChI is InChI=1S/C10H14FNO2/c1-7(11)8-4-3-5-10(14-2)9(8)6-12-13/h3-5,7,12-13H,6H2,1-2H3. The lowest BCUT2D eigenvalue weighted by Crippen LogP contribution is -2.10. The van der Waals surface area contributed by atoms with E-state index in [1.807, 2.05) is 5.48 Å². The summed E-state index contributed by atoms with van der Waals surface area (Å²) < 4.78 is 18.2. The van der Waals surface area contributed by atoms with Gasteiger partial charge in [-0.1, -0.05) is 12.1 Å². The first-order valence-electron chi connectivity index (χ1n) is 4.37. The van der Waals surface area contributed by atoms with Crippen molar-refractivity contribution >= 4 is 0 Å². The molecule has 1 atom stereocenters. The molecule has 4 heteroatoms. The van der Waals surface area contributed by atoms with Gasteiger partial charge in [0, 0.05) is 12.1 Å². The molecule has 0 amide bonds. The van der Waals surface area contributed by atoms with Crippen LogP contribution in [0.15, 0.2) is 18.2 Å². The molecule has 0 aliphatic heterocycles. The molecule has 1 rings (SSSR count). The summed E-state index contributed by atoms with van der Waals surface area (Å²) in [5.74, 6) is 0.577. The van der Waals surface area contributed by atoms with Crippen LogP contribution in [0.25, 0.3) is 0 Å². The highest BCUT2D eigenvalue weighted by molar-refractivity contribution is 5.41. The fourth-order valence-electron chi connectivity index (χ4n) is 1.41. The summed E-state index contributed by atoms with van der Waals surface area (Å²) in [6.07, 6.45) is -1.08. The number of benzene rings is 1. The minimum Gasteiger partial charge on any atom is -0.496 e. The second-order valence-electron chi connectivity index (χ2n) is 2.98. The Kier molecular flexibility index (Phi) is 3.85. The molecular formula is C10H14FNO2. The number of alkyl halides is 1. The van der Waals surface area contributed by atoms with Crippen LogP contribution in [0.1, 0.15) is 24.2 Å². The lowest BCUT2D eigenvalue weighted by Gasteiger charge is -2.13. The van der Waals surface area contributed by atoms with Gasteiger partial charge in [-0.25, -0.2) is 9.87 Å². The lowest BCUT2D eigenvalue weighted by molar-refractivity contribution is 0.159. The number of methoxy groups -OCH3 is 1. The Bertz CT molecular complexity index is 302. The fourth-order valence-corrected chi connectivity index (χ4v) is 1.41. The maximum absolute atomic E-state index is 13.2. The molecule has 2 N–H and O–H groups in total. The quantitative estimate of drug-likeness (QED) is 0.730. The summed E-state index contributed by atoms with van der Waals surface area (Å²) in [4.78, 5) is 0. The van der Waals surface area contributed by atoms with E-state index in [1.165, 1.54) is 14.0 Å². The molecule has 14 heavy (non-hydrogen) atoms. The number of hydrogen-bond acceptors (Lipinski definition) is 3. The number of ether oxygens (including phenoxy) is 1. The maximum Gasteiger partial charge on any atom is 0.123 e. The van der Waals surface area contributed by atoms with Crippen LogP contribution in [0.5, 0.6) is 5.75 Å². The first-order valence-corrected chi connectivity index (χ1v) is 4.37. The van der Waals surface area contributed by atoms with Crippen molar-refractivity contribution < 1.29 is 14.3 Å². The van der Waals surface area contributed by atoms with Crippen molar-refractivity contribution in [3.8, 4) is 5.75 Å². The maximum atomic E-state index is 13.2. The average molecular weight is 199 g/mol. The number of nitrogens with one attached hydrogen (secondary N) is 1. The molecule has 0 spiro atoms. The van der Waals surface area contributed by atoms with E-state index in [-0.39, 0.29) is 6.54 Å². The smallest absolute Gasteiger partial charge is 0.123 e. The molecule has 0 bridgehead atoms. The zero-order chi connectivity index (χ0) is 10.6. The van der Waals surface area contributed by atoms with Crippen molar-refractivity contribution in [2.45, 2.75) is 19.6 Å². The zero-order valence-electron chi connectivity index (χ0n) is 8.25. The van der Waals surface area contributed by atoms with Crippen LogP contribution in [0, 0.1) is 0 Å². The Morgan fingerprint density at radius 2 is 2.29 bits per heavy atom. The highest BCUT2D eigenvalue weighted by Gasteiger charge is 2.13. The second-order valence-corrected chi connectivity index (χ2v) is 2.98. The van der Waals surface area contributed by atoms with Gasteiger partial charge in [0.05, 0.1) is 7.11 Å². The predicted molar refractivity (Wildman–Crippen MR) is 51.1 cm³/mol. The summed E-state index contributed by atoms with van der Waals surface area (Å²) in [5.41, 5.74) is 3.19. The van der Waals surface area contributed by atoms with Crippen LogP contribution in [-0.2, 0) is 6.54 Å². The minimum absolute atomic E-state index is 0.174. The summed E-state index contributed by atoms with van der Waals surface area (Å²) in [6.45, 7) is 1.63. The van der Waals surface area contributed by atoms with Crippen LogP contribution < -0.4 is 10.2 Å². The Morgan fingerprint density at radius 3 is 2.79 bits per heavy atom. The molecule has 1 aromatic rings. The minimum atomic E-state index is -1.08. The molecule has 1 unspecified atom stereocenters. The molecule has 0 saturated carbocycles. The van der Waals surface area contributed by atoms with Crippen molar-refractivity contribution in [2.24, 2.45) is 0 Å². The molecule has 1 aromatic carbocycles. The Hall–Kier alpha value is -1.13. The predicted octanol–water partition coefficient (Wildman–Crippen LogP) is 2.20. The molecule has 78 valence electrons. The van der Waals surface area contributed by atoms with Gasteiger partial charge in [-0.15, -0.1) is 0 Å². The van der Waals surface area contributed by atoms with E-state index in [1.54, 1.807) is 18.2 Å². The van der Waals surface area contributed by atoms with Gasteiger partial charge in [-0.2, -0.15) is 0 Å². The van der Waals surface area contributed by atoms with Crippen LogP contribution in [-0.4, -0.2) is 12.3 Å².